The van der Waals surface area contributed by atoms with Crippen molar-refractivity contribution in [3.63, 3.8) is 0 Å². The highest BCUT2D eigenvalue weighted by Crippen LogP contribution is 2.30. The molecule has 7 heteroatoms. The molecule has 0 fully saturated rings. The van der Waals surface area contributed by atoms with Crippen molar-refractivity contribution < 1.29 is 23.5 Å². The molecule has 1 aliphatic rings. The van der Waals surface area contributed by atoms with Gasteiger partial charge in [0.05, 0.1) is 11.2 Å². The number of benzene rings is 1. The molecule has 3 aromatic rings. The predicted molar refractivity (Wildman–Crippen MR) is 104 cm³/mol. The number of aliphatic carboxylic acids is 1. The Morgan fingerprint density at radius 1 is 1.25 bits per heavy atom. The maximum absolute atomic E-state index is 12.7. The Hall–Kier alpha value is -3.61. The smallest absolute Gasteiger partial charge is 0.332 e. The van der Waals surface area contributed by atoms with Gasteiger partial charge in [-0.2, -0.15) is 0 Å². The third-order valence-corrected chi connectivity index (χ3v) is 4.80. The molecule has 142 valence electrons. The molecule has 1 aromatic carbocycles. The van der Waals surface area contributed by atoms with E-state index < -0.39 is 18.9 Å². The van der Waals surface area contributed by atoms with Gasteiger partial charge in [0.2, 0.25) is 0 Å². The van der Waals surface area contributed by atoms with Crippen LogP contribution in [0.3, 0.4) is 0 Å². The zero-order valence-corrected chi connectivity index (χ0v) is 14.8. The molecule has 0 aliphatic heterocycles. The summed E-state index contributed by atoms with van der Waals surface area (Å²) in [5, 5.41) is 12.1. The quantitative estimate of drug-likeness (QED) is 0.706. The van der Waals surface area contributed by atoms with Gasteiger partial charge in [0.25, 0.3) is 5.91 Å². The van der Waals surface area contributed by atoms with Gasteiger partial charge in [-0.15, -0.1) is 0 Å². The van der Waals surface area contributed by atoms with Gasteiger partial charge < -0.3 is 15.2 Å². The zero-order valence-electron chi connectivity index (χ0n) is 17.8. The lowest BCUT2D eigenvalue weighted by atomic mass is 10.1. The molecule has 1 amide bonds. The standard InChI is InChI=1S/C21H19N3O4/c1-28-14-5-2-4-13(12-14)15-8-9-18(24-11-10-22-19(15)24)23-20(25)16-6-3-7-17(16)21(26)27/h2,4-5,8-12H,3,6-7H2,1H3,(H,23,25)(H,26,27)/i1D3. The van der Waals surface area contributed by atoms with Crippen molar-refractivity contribution >= 4 is 23.3 Å². The number of pyridine rings is 1. The van der Waals surface area contributed by atoms with Gasteiger partial charge in [0, 0.05) is 29.1 Å². The van der Waals surface area contributed by atoms with Crippen LogP contribution in [0.4, 0.5) is 5.82 Å². The fourth-order valence-electron chi connectivity index (χ4n) is 3.49. The van der Waals surface area contributed by atoms with Gasteiger partial charge >= 0.3 is 5.97 Å². The number of methoxy groups -OCH3 is 1. The molecule has 2 aromatic heterocycles. The van der Waals surface area contributed by atoms with Gasteiger partial charge in [-0.05, 0) is 49.1 Å². The summed E-state index contributed by atoms with van der Waals surface area (Å²) < 4.78 is 28.5. The Morgan fingerprint density at radius 2 is 2.11 bits per heavy atom. The third kappa shape index (κ3) is 3.11. The fraction of sp³-hybridized carbons (Fsp3) is 0.190. The molecule has 0 atom stereocenters. The topological polar surface area (TPSA) is 92.9 Å². The van der Waals surface area contributed by atoms with Gasteiger partial charge in [0.15, 0.2) is 0 Å². The van der Waals surface area contributed by atoms with Crippen LogP contribution in [0, 0.1) is 0 Å². The van der Waals surface area contributed by atoms with E-state index in [4.69, 9.17) is 8.85 Å². The van der Waals surface area contributed by atoms with E-state index >= 15 is 0 Å². The van der Waals surface area contributed by atoms with Crippen LogP contribution in [-0.2, 0) is 9.59 Å². The van der Waals surface area contributed by atoms with Crippen molar-refractivity contribution in [1.29, 1.82) is 0 Å². The summed E-state index contributed by atoms with van der Waals surface area (Å²) in [6, 6.07) is 10.1. The Kier molecular flexibility index (Phi) is 3.71. The number of imidazole rings is 1. The summed E-state index contributed by atoms with van der Waals surface area (Å²) in [5.74, 6) is -0.857. The molecule has 0 spiro atoms. The van der Waals surface area contributed by atoms with Gasteiger partial charge in [-0.25, -0.2) is 9.78 Å². The highest BCUT2D eigenvalue weighted by molar-refractivity contribution is 6.09. The van der Waals surface area contributed by atoms with E-state index in [1.807, 2.05) is 0 Å². The third-order valence-electron chi connectivity index (χ3n) is 4.80. The number of hydrogen-bond acceptors (Lipinski definition) is 4. The van der Waals surface area contributed by atoms with Crippen molar-refractivity contribution in [2.45, 2.75) is 19.3 Å². The second-order valence-electron chi connectivity index (χ2n) is 6.45. The molecule has 4 rings (SSSR count). The minimum absolute atomic E-state index is 0.155. The number of nitrogens with zero attached hydrogens (tertiary/aromatic N) is 2. The number of rotatable bonds is 5. The molecule has 0 saturated carbocycles. The molecule has 0 unspecified atom stereocenters. The monoisotopic (exact) mass is 380 g/mol. The van der Waals surface area contributed by atoms with Crippen LogP contribution in [0.2, 0.25) is 0 Å². The Bertz CT molecular complexity index is 1210. The van der Waals surface area contributed by atoms with Crippen LogP contribution in [0.15, 0.2) is 59.9 Å². The molecular weight excluding hydrogens is 358 g/mol. The highest BCUT2D eigenvalue weighted by atomic mass is 16.5. The number of hydrogen-bond donors (Lipinski definition) is 2. The highest BCUT2D eigenvalue weighted by Gasteiger charge is 2.25. The molecule has 28 heavy (non-hydrogen) atoms. The van der Waals surface area contributed by atoms with Gasteiger partial charge in [0.1, 0.15) is 17.2 Å². The van der Waals surface area contributed by atoms with Crippen LogP contribution in [-0.4, -0.2) is 33.4 Å². The SMILES string of the molecule is [2H]C([2H])([2H])Oc1cccc(-c2ccc(NC(=O)C3=C(C(=O)O)CCC3)n3ccnc23)c1. The second kappa shape index (κ2) is 7.19. The maximum atomic E-state index is 12.7. The first kappa shape index (κ1) is 14.4. The summed E-state index contributed by atoms with van der Waals surface area (Å²) in [7, 11) is -2.56. The first-order chi connectivity index (χ1) is 14.7. The number of fused-ring (bicyclic) bond motifs is 1. The van der Waals surface area contributed by atoms with Crippen molar-refractivity contribution in [3.05, 3.63) is 59.9 Å². The lowest BCUT2D eigenvalue weighted by Gasteiger charge is -2.12. The summed E-state index contributed by atoms with van der Waals surface area (Å²) in [6.07, 6.45) is 4.70. The molecule has 7 nitrogen and oxygen atoms in total. The van der Waals surface area contributed by atoms with E-state index in [1.54, 1.807) is 53.2 Å². The van der Waals surface area contributed by atoms with Crippen LogP contribution in [0.1, 0.15) is 23.4 Å². The molecule has 0 radical (unpaired) electrons. The molecule has 0 saturated heterocycles. The Balaban J connectivity index is 1.67. The minimum atomic E-state index is -2.56. The van der Waals surface area contributed by atoms with Crippen LogP contribution < -0.4 is 10.1 Å². The number of amides is 1. The Morgan fingerprint density at radius 3 is 2.93 bits per heavy atom. The minimum Gasteiger partial charge on any atom is -0.497 e. The lowest BCUT2D eigenvalue weighted by Crippen LogP contribution is -2.18. The number of carboxylic acid groups (broad SMARTS) is 1. The van der Waals surface area contributed by atoms with E-state index in [1.165, 1.54) is 0 Å². The maximum Gasteiger partial charge on any atom is 0.332 e. The first-order valence-electron chi connectivity index (χ1n) is 10.2. The van der Waals surface area contributed by atoms with Gasteiger partial charge in [-0.3, -0.25) is 9.20 Å². The average Bonchev–Trinajstić information content (AvgIpc) is 3.37. The van der Waals surface area contributed by atoms with Crippen molar-refractivity contribution in [2.24, 2.45) is 0 Å². The summed E-state index contributed by atoms with van der Waals surface area (Å²) in [4.78, 5) is 28.4. The zero-order chi connectivity index (χ0) is 22.2. The van der Waals surface area contributed by atoms with E-state index in [0.717, 1.165) is 0 Å². The van der Waals surface area contributed by atoms with E-state index in [2.05, 4.69) is 10.3 Å². The Labute approximate surface area is 165 Å². The van der Waals surface area contributed by atoms with Crippen LogP contribution >= 0.6 is 0 Å². The van der Waals surface area contributed by atoms with Crippen LogP contribution in [0.5, 0.6) is 5.75 Å². The molecule has 0 bridgehead atoms. The van der Waals surface area contributed by atoms with E-state index in [-0.39, 0.29) is 11.3 Å². The lowest BCUT2D eigenvalue weighted by molar-refractivity contribution is -0.133. The molecule has 2 heterocycles. The average molecular weight is 380 g/mol. The number of carboxylic acids is 1. The largest absolute Gasteiger partial charge is 0.497 e. The number of nitrogens with one attached hydrogen (secondary N) is 1. The van der Waals surface area contributed by atoms with Crippen molar-refractivity contribution in [2.75, 3.05) is 12.4 Å². The molecular formula is C21H19N3O4. The van der Waals surface area contributed by atoms with E-state index in [0.29, 0.717) is 47.4 Å². The number of anilines is 1. The first-order valence-corrected chi connectivity index (χ1v) is 8.75. The summed E-state index contributed by atoms with van der Waals surface area (Å²) >= 11 is 0. The predicted octanol–water partition coefficient (Wildman–Crippen LogP) is 3.51. The molecule has 2 N–H and O–H groups in total. The fourth-order valence-corrected chi connectivity index (χ4v) is 3.49. The number of carbonyl (C=O) groups excluding carboxylic acids is 1. The normalized spacial score (nSPS) is 15.8. The second-order valence-corrected chi connectivity index (χ2v) is 6.45. The van der Waals surface area contributed by atoms with Crippen LogP contribution in [0.25, 0.3) is 16.8 Å². The summed E-state index contributed by atoms with van der Waals surface area (Å²) in [6.45, 7) is 0. The number of aromatic nitrogens is 2. The molecule has 1 aliphatic carbocycles. The van der Waals surface area contributed by atoms with Crippen molar-refractivity contribution in [1.82, 2.24) is 9.38 Å². The number of carbonyl (C=O) groups is 2. The van der Waals surface area contributed by atoms with Crippen molar-refractivity contribution in [3.8, 4) is 16.9 Å². The summed E-state index contributed by atoms with van der Waals surface area (Å²) in [5.41, 5.74) is 2.40. The van der Waals surface area contributed by atoms with Gasteiger partial charge in [-0.1, -0.05) is 12.1 Å². The van der Waals surface area contributed by atoms with E-state index in [9.17, 15) is 14.7 Å². The number of ether oxygens (including phenoxy) is 1.